The molecule has 1 amide bonds. The number of hydrogen-bond donors (Lipinski definition) is 1. The Morgan fingerprint density at radius 2 is 2.24 bits per heavy atom. The van der Waals surface area contributed by atoms with Gasteiger partial charge in [-0.1, -0.05) is 18.2 Å². The van der Waals surface area contributed by atoms with E-state index >= 15 is 0 Å². The summed E-state index contributed by atoms with van der Waals surface area (Å²) in [6, 6.07) is 9.16. The quantitative estimate of drug-likeness (QED) is 0.853. The Bertz CT molecular complexity index is 372. The smallest absolute Gasteiger partial charge is 0.251 e. The Labute approximate surface area is 101 Å². The van der Waals surface area contributed by atoms with Gasteiger partial charge in [-0.05, 0) is 12.1 Å². The first kappa shape index (κ1) is 12.1. The van der Waals surface area contributed by atoms with Gasteiger partial charge in [0.25, 0.3) is 5.91 Å². The SMILES string of the molecule is COC1(CNC(=O)c2ccccc2)CCOC1. The average molecular weight is 235 g/mol. The van der Waals surface area contributed by atoms with Gasteiger partial charge in [0.15, 0.2) is 0 Å². The molecule has 0 radical (unpaired) electrons. The van der Waals surface area contributed by atoms with Gasteiger partial charge in [0.05, 0.1) is 6.61 Å². The van der Waals surface area contributed by atoms with E-state index in [0.717, 1.165) is 6.42 Å². The molecular formula is C13H17NO3. The molecule has 1 aromatic carbocycles. The molecule has 1 aliphatic heterocycles. The van der Waals surface area contributed by atoms with Crippen LogP contribution < -0.4 is 5.32 Å². The molecule has 1 heterocycles. The van der Waals surface area contributed by atoms with Crippen molar-refractivity contribution in [3.63, 3.8) is 0 Å². The molecule has 1 atom stereocenters. The van der Waals surface area contributed by atoms with Crippen molar-refractivity contribution < 1.29 is 14.3 Å². The molecule has 1 unspecified atom stereocenters. The van der Waals surface area contributed by atoms with E-state index in [9.17, 15) is 4.79 Å². The lowest BCUT2D eigenvalue weighted by molar-refractivity contribution is -0.0148. The van der Waals surface area contributed by atoms with Gasteiger partial charge in [0.1, 0.15) is 5.60 Å². The lowest BCUT2D eigenvalue weighted by atomic mass is 10.0. The maximum Gasteiger partial charge on any atom is 0.251 e. The number of amides is 1. The summed E-state index contributed by atoms with van der Waals surface area (Å²) in [6.07, 6.45) is 0.818. The highest BCUT2D eigenvalue weighted by Crippen LogP contribution is 2.21. The molecule has 4 heteroatoms. The first-order chi connectivity index (χ1) is 8.26. The third-order valence-corrected chi connectivity index (χ3v) is 3.11. The van der Waals surface area contributed by atoms with Crippen molar-refractivity contribution in [1.29, 1.82) is 0 Å². The van der Waals surface area contributed by atoms with Crippen molar-refractivity contribution in [2.24, 2.45) is 0 Å². The van der Waals surface area contributed by atoms with E-state index in [0.29, 0.717) is 25.3 Å². The molecule has 1 N–H and O–H groups in total. The monoisotopic (exact) mass is 235 g/mol. The number of rotatable bonds is 4. The van der Waals surface area contributed by atoms with Gasteiger partial charge >= 0.3 is 0 Å². The van der Waals surface area contributed by atoms with Gasteiger partial charge in [-0.15, -0.1) is 0 Å². The fourth-order valence-electron chi connectivity index (χ4n) is 1.89. The molecule has 17 heavy (non-hydrogen) atoms. The topological polar surface area (TPSA) is 47.6 Å². The second-order valence-electron chi connectivity index (χ2n) is 4.24. The Kier molecular flexibility index (Phi) is 3.76. The summed E-state index contributed by atoms with van der Waals surface area (Å²) in [7, 11) is 1.66. The normalized spacial score (nSPS) is 23.6. The average Bonchev–Trinajstić information content (AvgIpc) is 2.86. The van der Waals surface area contributed by atoms with Gasteiger partial charge in [-0.3, -0.25) is 4.79 Å². The van der Waals surface area contributed by atoms with Crippen molar-refractivity contribution in [1.82, 2.24) is 5.32 Å². The van der Waals surface area contributed by atoms with E-state index in [1.165, 1.54) is 0 Å². The van der Waals surface area contributed by atoms with E-state index < -0.39 is 0 Å². The Balaban J connectivity index is 1.92. The third-order valence-electron chi connectivity index (χ3n) is 3.11. The second-order valence-corrected chi connectivity index (χ2v) is 4.24. The van der Waals surface area contributed by atoms with E-state index in [1.54, 1.807) is 19.2 Å². The highest BCUT2D eigenvalue weighted by atomic mass is 16.5. The number of hydrogen-bond acceptors (Lipinski definition) is 3. The zero-order valence-corrected chi connectivity index (χ0v) is 9.94. The minimum absolute atomic E-state index is 0.0751. The van der Waals surface area contributed by atoms with Crippen LogP contribution in [0.25, 0.3) is 0 Å². The minimum atomic E-state index is -0.357. The van der Waals surface area contributed by atoms with E-state index in [-0.39, 0.29) is 11.5 Å². The molecule has 4 nitrogen and oxygen atoms in total. The lowest BCUT2D eigenvalue weighted by Gasteiger charge is -2.25. The van der Waals surface area contributed by atoms with Crippen LogP contribution in [0.2, 0.25) is 0 Å². The number of methoxy groups -OCH3 is 1. The Hall–Kier alpha value is -1.39. The Morgan fingerprint density at radius 1 is 1.47 bits per heavy atom. The third kappa shape index (κ3) is 2.84. The van der Waals surface area contributed by atoms with Crippen molar-refractivity contribution in [3.8, 4) is 0 Å². The molecule has 1 aromatic rings. The molecule has 2 rings (SSSR count). The maximum absolute atomic E-state index is 11.9. The number of benzene rings is 1. The molecule has 0 spiro atoms. The Morgan fingerprint density at radius 3 is 2.82 bits per heavy atom. The fraction of sp³-hybridized carbons (Fsp3) is 0.462. The molecule has 1 aliphatic rings. The molecule has 92 valence electrons. The van der Waals surface area contributed by atoms with Gasteiger partial charge in [-0.25, -0.2) is 0 Å². The van der Waals surface area contributed by atoms with Crippen LogP contribution in [0.15, 0.2) is 30.3 Å². The number of nitrogens with one attached hydrogen (secondary N) is 1. The zero-order chi connectivity index (χ0) is 12.1. The van der Waals surface area contributed by atoms with E-state index in [4.69, 9.17) is 9.47 Å². The van der Waals surface area contributed by atoms with Gasteiger partial charge in [-0.2, -0.15) is 0 Å². The van der Waals surface area contributed by atoms with Crippen molar-refractivity contribution in [3.05, 3.63) is 35.9 Å². The van der Waals surface area contributed by atoms with Crippen LogP contribution in [0.5, 0.6) is 0 Å². The minimum Gasteiger partial charge on any atom is -0.378 e. The van der Waals surface area contributed by atoms with Crippen LogP contribution >= 0.6 is 0 Å². The van der Waals surface area contributed by atoms with Crippen LogP contribution in [-0.2, 0) is 9.47 Å². The fourth-order valence-corrected chi connectivity index (χ4v) is 1.89. The summed E-state index contributed by atoms with van der Waals surface area (Å²) in [4.78, 5) is 11.9. The van der Waals surface area contributed by atoms with Crippen molar-refractivity contribution in [2.45, 2.75) is 12.0 Å². The van der Waals surface area contributed by atoms with Crippen LogP contribution in [-0.4, -0.2) is 38.4 Å². The van der Waals surface area contributed by atoms with E-state index in [2.05, 4.69) is 5.32 Å². The lowest BCUT2D eigenvalue weighted by Crippen LogP contribution is -2.45. The molecule has 1 saturated heterocycles. The van der Waals surface area contributed by atoms with Crippen LogP contribution in [0.1, 0.15) is 16.8 Å². The van der Waals surface area contributed by atoms with Crippen LogP contribution in [0.4, 0.5) is 0 Å². The first-order valence-electron chi connectivity index (χ1n) is 5.72. The highest BCUT2D eigenvalue weighted by molar-refractivity contribution is 5.94. The predicted molar refractivity (Wildman–Crippen MR) is 64.0 cm³/mol. The standard InChI is InChI=1S/C13H17NO3/c1-16-13(7-8-17-10-13)9-14-12(15)11-5-3-2-4-6-11/h2-6H,7-10H2,1H3,(H,14,15). The number of carbonyl (C=O) groups is 1. The number of ether oxygens (including phenoxy) is 2. The largest absolute Gasteiger partial charge is 0.378 e. The van der Waals surface area contributed by atoms with Crippen LogP contribution in [0.3, 0.4) is 0 Å². The molecule has 0 bridgehead atoms. The summed E-state index contributed by atoms with van der Waals surface area (Å²) in [5, 5.41) is 2.89. The molecule has 0 aliphatic carbocycles. The number of carbonyl (C=O) groups excluding carboxylic acids is 1. The zero-order valence-electron chi connectivity index (χ0n) is 9.94. The van der Waals surface area contributed by atoms with Gasteiger partial charge < -0.3 is 14.8 Å². The van der Waals surface area contributed by atoms with E-state index in [1.807, 2.05) is 18.2 Å². The van der Waals surface area contributed by atoms with Crippen molar-refractivity contribution in [2.75, 3.05) is 26.9 Å². The second kappa shape index (κ2) is 5.29. The molecule has 0 aromatic heterocycles. The summed E-state index contributed by atoms with van der Waals surface area (Å²) in [6.45, 7) is 1.71. The molecular weight excluding hydrogens is 218 g/mol. The van der Waals surface area contributed by atoms with Gasteiger partial charge in [0.2, 0.25) is 0 Å². The van der Waals surface area contributed by atoms with Crippen LogP contribution in [0, 0.1) is 0 Å². The maximum atomic E-state index is 11.9. The van der Waals surface area contributed by atoms with Crippen molar-refractivity contribution >= 4 is 5.91 Å². The summed E-state index contributed by atoms with van der Waals surface area (Å²) in [5.74, 6) is -0.0751. The molecule has 0 saturated carbocycles. The summed E-state index contributed by atoms with van der Waals surface area (Å²) >= 11 is 0. The highest BCUT2D eigenvalue weighted by Gasteiger charge is 2.35. The molecule has 1 fully saturated rings. The summed E-state index contributed by atoms with van der Waals surface area (Å²) < 4.78 is 10.8. The first-order valence-corrected chi connectivity index (χ1v) is 5.72. The predicted octanol–water partition coefficient (Wildman–Crippen LogP) is 1.22. The summed E-state index contributed by atoms with van der Waals surface area (Å²) in [5.41, 5.74) is 0.308. The van der Waals surface area contributed by atoms with Gasteiger partial charge in [0, 0.05) is 32.2 Å².